The minimum Gasteiger partial charge on any atom is -0.493 e. The van der Waals surface area contributed by atoms with Crippen LogP contribution in [0.3, 0.4) is 0 Å². The van der Waals surface area contributed by atoms with Crippen molar-refractivity contribution in [2.45, 2.75) is 44.7 Å². The van der Waals surface area contributed by atoms with Crippen LogP contribution in [0.1, 0.15) is 49.6 Å². The Kier molecular flexibility index (Phi) is 2.95. The lowest BCUT2D eigenvalue weighted by molar-refractivity contribution is 0.0783. The minimum absolute atomic E-state index is 0.0493. The first kappa shape index (κ1) is 12.1. The SMILES string of the molecule is COc1cnn(C(C)C)c1C(=O)C1(N)CCC1. The second-order valence-electron chi connectivity index (χ2n) is 4.94. The average molecular weight is 237 g/mol. The molecular weight excluding hydrogens is 218 g/mol. The van der Waals surface area contributed by atoms with Gasteiger partial charge >= 0.3 is 0 Å². The molecule has 0 atom stereocenters. The van der Waals surface area contributed by atoms with Gasteiger partial charge in [0.15, 0.2) is 5.75 Å². The van der Waals surface area contributed by atoms with Gasteiger partial charge in [-0.25, -0.2) is 0 Å². The number of Topliss-reactive ketones (excluding diaryl/α,β-unsaturated/α-hetero) is 1. The molecule has 0 spiro atoms. The number of hydrogen-bond acceptors (Lipinski definition) is 4. The maximum atomic E-state index is 12.4. The Morgan fingerprint density at radius 2 is 2.24 bits per heavy atom. The number of nitrogens with zero attached hydrogens (tertiary/aromatic N) is 2. The average Bonchev–Trinajstić information content (AvgIpc) is 2.68. The maximum absolute atomic E-state index is 12.4. The van der Waals surface area contributed by atoms with E-state index in [4.69, 9.17) is 10.5 Å². The molecule has 0 bridgehead atoms. The maximum Gasteiger partial charge on any atom is 0.204 e. The second-order valence-corrected chi connectivity index (χ2v) is 4.94. The highest BCUT2D eigenvalue weighted by Gasteiger charge is 2.43. The monoisotopic (exact) mass is 237 g/mol. The third kappa shape index (κ3) is 1.84. The highest BCUT2D eigenvalue weighted by Crippen LogP contribution is 2.35. The van der Waals surface area contributed by atoms with E-state index in [2.05, 4.69) is 5.10 Å². The molecule has 17 heavy (non-hydrogen) atoms. The molecule has 0 amide bonds. The van der Waals surface area contributed by atoms with E-state index in [1.54, 1.807) is 18.0 Å². The highest BCUT2D eigenvalue weighted by molar-refractivity contribution is 6.04. The largest absolute Gasteiger partial charge is 0.493 e. The van der Waals surface area contributed by atoms with Crippen molar-refractivity contribution in [3.63, 3.8) is 0 Å². The summed E-state index contributed by atoms with van der Waals surface area (Å²) >= 11 is 0. The molecule has 94 valence electrons. The summed E-state index contributed by atoms with van der Waals surface area (Å²) < 4.78 is 6.89. The molecule has 0 aliphatic heterocycles. The number of rotatable bonds is 4. The Labute approximate surface area is 101 Å². The van der Waals surface area contributed by atoms with Crippen molar-refractivity contribution in [2.75, 3.05) is 7.11 Å². The zero-order valence-electron chi connectivity index (χ0n) is 10.6. The van der Waals surface area contributed by atoms with E-state index in [9.17, 15) is 4.79 Å². The molecule has 0 saturated heterocycles. The first-order valence-electron chi connectivity index (χ1n) is 5.95. The zero-order chi connectivity index (χ0) is 12.6. The Morgan fingerprint density at radius 3 is 2.65 bits per heavy atom. The normalized spacial score (nSPS) is 17.9. The van der Waals surface area contributed by atoms with Crippen LogP contribution in [0.5, 0.6) is 5.75 Å². The molecule has 5 heteroatoms. The van der Waals surface area contributed by atoms with Gasteiger partial charge in [-0.3, -0.25) is 9.48 Å². The Hall–Kier alpha value is -1.36. The molecule has 2 N–H and O–H groups in total. The van der Waals surface area contributed by atoms with Crippen LogP contribution in [0, 0.1) is 0 Å². The van der Waals surface area contributed by atoms with Gasteiger partial charge in [0, 0.05) is 6.04 Å². The van der Waals surface area contributed by atoms with Crippen molar-refractivity contribution in [3.05, 3.63) is 11.9 Å². The molecule has 1 saturated carbocycles. The molecule has 2 rings (SSSR count). The molecule has 0 aromatic carbocycles. The van der Waals surface area contributed by atoms with Gasteiger partial charge in [0.1, 0.15) is 5.69 Å². The Bertz CT molecular complexity index is 433. The molecule has 1 aliphatic carbocycles. The summed E-state index contributed by atoms with van der Waals surface area (Å²) in [5.74, 6) is 0.465. The number of ether oxygens (including phenoxy) is 1. The summed E-state index contributed by atoms with van der Waals surface area (Å²) in [6.07, 6.45) is 4.09. The number of carbonyl (C=O) groups excluding carboxylic acids is 1. The molecule has 1 aromatic rings. The number of aromatic nitrogens is 2. The van der Waals surface area contributed by atoms with E-state index < -0.39 is 5.54 Å². The predicted octanol–water partition coefficient (Wildman–Crippen LogP) is 1.54. The summed E-state index contributed by atoms with van der Waals surface area (Å²) in [5, 5.41) is 4.19. The molecular formula is C12H19N3O2. The van der Waals surface area contributed by atoms with Crippen LogP contribution < -0.4 is 10.5 Å². The van der Waals surface area contributed by atoms with E-state index in [1.807, 2.05) is 13.8 Å². The third-order valence-corrected chi connectivity index (χ3v) is 3.38. The van der Waals surface area contributed by atoms with E-state index in [1.165, 1.54) is 0 Å². The molecule has 1 heterocycles. The molecule has 0 unspecified atom stereocenters. The van der Waals surface area contributed by atoms with Crippen molar-refractivity contribution >= 4 is 5.78 Å². The van der Waals surface area contributed by atoms with Crippen LogP contribution in [0.2, 0.25) is 0 Å². The van der Waals surface area contributed by atoms with Gasteiger partial charge < -0.3 is 10.5 Å². The van der Waals surface area contributed by atoms with E-state index in [-0.39, 0.29) is 11.8 Å². The number of hydrogen-bond donors (Lipinski definition) is 1. The molecule has 0 radical (unpaired) electrons. The Balaban J connectivity index is 2.42. The quantitative estimate of drug-likeness (QED) is 0.806. The van der Waals surface area contributed by atoms with Gasteiger partial charge in [-0.2, -0.15) is 5.10 Å². The number of ketones is 1. The lowest BCUT2D eigenvalue weighted by atomic mass is 9.73. The fourth-order valence-corrected chi connectivity index (χ4v) is 2.12. The van der Waals surface area contributed by atoms with E-state index in [0.29, 0.717) is 11.4 Å². The molecule has 1 fully saturated rings. The van der Waals surface area contributed by atoms with Crippen LogP contribution in [0.4, 0.5) is 0 Å². The van der Waals surface area contributed by atoms with Crippen LogP contribution in [-0.2, 0) is 0 Å². The molecule has 1 aliphatic rings. The summed E-state index contributed by atoms with van der Waals surface area (Å²) in [6, 6.07) is 0.113. The number of nitrogens with two attached hydrogens (primary N) is 1. The van der Waals surface area contributed by atoms with Crippen LogP contribution in [0.15, 0.2) is 6.20 Å². The summed E-state index contributed by atoms with van der Waals surface area (Å²) in [6.45, 7) is 3.96. The minimum atomic E-state index is -0.708. The van der Waals surface area contributed by atoms with Gasteiger partial charge in [0.25, 0.3) is 0 Å². The summed E-state index contributed by atoms with van der Waals surface area (Å²) in [4.78, 5) is 12.4. The summed E-state index contributed by atoms with van der Waals surface area (Å²) in [5.41, 5.74) is 5.88. The van der Waals surface area contributed by atoms with E-state index in [0.717, 1.165) is 19.3 Å². The van der Waals surface area contributed by atoms with Crippen LogP contribution >= 0.6 is 0 Å². The van der Waals surface area contributed by atoms with Crippen molar-refractivity contribution < 1.29 is 9.53 Å². The third-order valence-electron chi connectivity index (χ3n) is 3.38. The van der Waals surface area contributed by atoms with Crippen LogP contribution in [-0.4, -0.2) is 28.2 Å². The second kappa shape index (κ2) is 4.14. The first-order valence-corrected chi connectivity index (χ1v) is 5.95. The van der Waals surface area contributed by atoms with Gasteiger partial charge in [-0.1, -0.05) is 0 Å². The fourth-order valence-electron chi connectivity index (χ4n) is 2.12. The van der Waals surface area contributed by atoms with Crippen molar-refractivity contribution in [1.82, 2.24) is 9.78 Å². The Morgan fingerprint density at radius 1 is 1.59 bits per heavy atom. The predicted molar refractivity (Wildman–Crippen MR) is 64.3 cm³/mol. The highest BCUT2D eigenvalue weighted by atomic mass is 16.5. The number of carbonyl (C=O) groups is 1. The van der Waals surface area contributed by atoms with Gasteiger partial charge in [0.2, 0.25) is 5.78 Å². The molecule has 1 aromatic heterocycles. The first-order chi connectivity index (χ1) is 7.99. The molecule has 5 nitrogen and oxygen atoms in total. The van der Waals surface area contributed by atoms with Crippen molar-refractivity contribution in [1.29, 1.82) is 0 Å². The smallest absolute Gasteiger partial charge is 0.204 e. The van der Waals surface area contributed by atoms with Gasteiger partial charge in [-0.05, 0) is 33.1 Å². The lowest BCUT2D eigenvalue weighted by Gasteiger charge is -2.36. The van der Waals surface area contributed by atoms with Crippen LogP contribution in [0.25, 0.3) is 0 Å². The standard InChI is InChI=1S/C12H19N3O2/c1-8(2)15-10(9(17-3)7-14-15)11(16)12(13)5-4-6-12/h7-8H,4-6,13H2,1-3H3. The zero-order valence-corrected chi connectivity index (χ0v) is 10.6. The fraction of sp³-hybridized carbons (Fsp3) is 0.667. The van der Waals surface area contributed by atoms with Crippen molar-refractivity contribution in [3.8, 4) is 5.75 Å². The number of methoxy groups -OCH3 is 1. The van der Waals surface area contributed by atoms with Gasteiger partial charge in [0.05, 0.1) is 18.8 Å². The topological polar surface area (TPSA) is 70.1 Å². The summed E-state index contributed by atoms with van der Waals surface area (Å²) in [7, 11) is 1.54. The van der Waals surface area contributed by atoms with E-state index >= 15 is 0 Å². The van der Waals surface area contributed by atoms with Crippen molar-refractivity contribution in [2.24, 2.45) is 5.73 Å². The lowest BCUT2D eigenvalue weighted by Crippen LogP contribution is -2.54. The van der Waals surface area contributed by atoms with Gasteiger partial charge in [-0.15, -0.1) is 0 Å².